The molecule has 0 bridgehead atoms. The Labute approximate surface area is 207 Å². The van der Waals surface area contributed by atoms with Crippen molar-refractivity contribution in [3.63, 3.8) is 0 Å². The van der Waals surface area contributed by atoms with Crippen molar-refractivity contribution < 1.29 is 43.2 Å². The Bertz CT molecular complexity index is 1330. The van der Waals surface area contributed by atoms with Gasteiger partial charge in [-0.2, -0.15) is 0 Å². The number of rotatable bonds is 9. The van der Waals surface area contributed by atoms with Gasteiger partial charge in [-0.25, -0.2) is 0 Å². The van der Waals surface area contributed by atoms with Gasteiger partial charge >= 0.3 is 208 Å². The summed E-state index contributed by atoms with van der Waals surface area (Å²) >= 11 is -5.50. The van der Waals surface area contributed by atoms with Crippen LogP contribution in [-0.2, 0) is 20.0 Å². The molecular weight excluding hydrogens is 641 g/mol. The zero-order valence-corrected chi connectivity index (χ0v) is 22.4. The summed E-state index contributed by atoms with van der Waals surface area (Å²) in [6.45, 7) is 0. The molecule has 0 spiro atoms. The Morgan fingerprint density at radius 3 is 1.17 bits per heavy atom. The zero-order valence-electron chi connectivity index (χ0n) is 18.0. The van der Waals surface area contributed by atoms with E-state index in [1.54, 1.807) is 21.1 Å². The van der Waals surface area contributed by atoms with Crippen molar-refractivity contribution in [2.24, 2.45) is 5.14 Å². The van der Waals surface area contributed by atoms with Gasteiger partial charge in [-0.05, 0) is 0 Å². The van der Waals surface area contributed by atoms with Crippen molar-refractivity contribution in [3.8, 4) is 0 Å². The molecule has 3 rings (SSSR count). The molecule has 0 saturated carbocycles. The van der Waals surface area contributed by atoms with E-state index < -0.39 is 55.1 Å². The molecule has 3 aromatic carbocycles. The van der Waals surface area contributed by atoms with Crippen molar-refractivity contribution in [2.75, 3.05) is 0 Å². The van der Waals surface area contributed by atoms with Crippen LogP contribution in [0.4, 0.5) is 26.3 Å². The van der Waals surface area contributed by atoms with Crippen LogP contribution in [-0.4, -0.2) is 51.9 Å². The van der Waals surface area contributed by atoms with Crippen LogP contribution in [0, 0.1) is 0 Å². The Morgan fingerprint density at radius 1 is 0.583 bits per heavy atom. The van der Waals surface area contributed by atoms with Crippen LogP contribution in [0.5, 0.6) is 0 Å². The molecule has 3 aromatic rings. The fourth-order valence-electron chi connectivity index (χ4n) is 3.52. The third-order valence-corrected chi connectivity index (χ3v) is 23.0. The molecule has 6 nitrogen and oxygen atoms in total. The Hall–Kier alpha value is -2.14. The first-order chi connectivity index (χ1) is 16.5. The van der Waals surface area contributed by atoms with Gasteiger partial charge in [0.1, 0.15) is 0 Å². The van der Waals surface area contributed by atoms with Crippen LogP contribution >= 0.6 is 0 Å². The molecule has 0 amide bonds. The first kappa shape index (κ1) is 28.4. The third-order valence-electron chi connectivity index (χ3n) is 5.33. The van der Waals surface area contributed by atoms with Crippen molar-refractivity contribution >= 4 is 49.4 Å². The summed E-state index contributed by atoms with van der Waals surface area (Å²) < 4.78 is 137. The second kappa shape index (κ2) is 9.63. The van der Waals surface area contributed by atoms with Crippen LogP contribution in [0.15, 0.2) is 91.0 Å². The van der Waals surface area contributed by atoms with E-state index in [0.717, 1.165) is 0 Å². The van der Waals surface area contributed by atoms with Crippen molar-refractivity contribution in [1.29, 1.82) is 0 Å². The molecule has 0 saturated heterocycles. The summed E-state index contributed by atoms with van der Waals surface area (Å²) in [7, 11) is -13.3. The molecule has 0 unspecified atom stereocenters. The van der Waals surface area contributed by atoms with Crippen molar-refractivity contribution in [3.05, 3.63) is 91.0 Å². The molecule has 0 aromatic heterocycles. The maximum atomic E-state index is 14.9. The van der Waals surface area contributed by atoms with E-state index >= 15 is 0 Å². The van der Waals surface area contributed by atoms with Crippen LogP contribution in [0.25, 0.3) is 0 Å². The fraction of sp³-hybridized carbons (Fsp3) is 0.143. The summed E-state index contributed by atoms with van der Waals surface area (Å²) in [6.07, 6.45) is 0. The molecule has 0 aliphatic heterocycles. The minimum absolute atomic E-state index is 0.171. The van der Waals surface area contributed by atoms with Gasteiger partial charge in [0, 0.05) is 0 Å². The fourth-order valence-corrected chi connectivity index (χ4v) is 21.8. The number of sulfonamides is 2. The van der Waals surface area contributed by atoms with E-state index in [9.17, 15) is 43.2 Å². The van der Waals surface area contributed by atoms with Gasteiger partial charge < -0.3 is 0 Å². The van der Waals surface area contributed by atoms with Gasteiger partial charge in [0.15, 0.2) is 0 Å². The number of hydrogen-bond donors (Lipinski definition) is 2. The number of primary sulfonamides is 1. The molecule has 0 radical (unpaired) electrons. The number of nitrogens with two attached hydrogens (primary N) is 1. The average Bonchev–Trinajstić information content (AvgIpc) is 2.83. The predicted octanol–water partition coefficient (Wildman–Crippen LogP) is 1.68. The van der Waals surface area contributed by atoms with Crippen LogP contribution < -0.4 is 18.8 Å². The van der Waals surface area contributed by atoms with Gasteiger partial charge in [0.05, 0.1) is 0 Å². The maximum absolute atomic E-state index is 14.9. The number of hydrogen-bond acceptors (Lipinski definition) is 4. The van der Waals surface area contributed by atoms with Gasteiger partial charge in [-0.1, -0.05) is 0 Å². The van der Waals surface area contributed by atoms with E-state index in [4.69, 9.17) is 0 Å². The van der Waals surface area contributed by atoms with Gasteiger partial charge in [0.25, 0.3) is 0 Å². The SMILES string of the molecule is NS(=O)(=O)C(F)(F)C(F)(F)C(F)(F)S(=O)(=O)[NH][Sn]([c]1ccccc1)([c]1ccccc1)[c]1ccccc1. The molecule has 0 aliphatic carbocycles. The Kier molecular flexibility index (Phi) is 7.60. The molecule has 0 heterocycles. The molecule has 0 fully saturated rings. The van der Waals surface area contributed by atoms with Crippen molar-refractivity contribution in [2.45, 2.75) is 16.4 Å². The average molecular weight is 659 g/mol. The van der Waals surface area contributed by atoms with Crippen LogP contribution in [0.2, 0.25) is 0 Å². The minimum atomic E-state index is -6.93. The number of nitrogens with one attached hydrogen (secondary N) is 1. The second-order valence-corrected chi connectivity index (χ2v) is 21.9. The summed E-state index contributed by atoms with van der Waals surface area (Å²) in [5.74, 6) is -6.93. The number of benzene rings is 3. The molecule has 3 N–H and O–H groups in total. The van der Waals surface area contributed by atoms with E-state index in [1.807, 2.05) is 0 Å². The van der Waals surface area contributed by atoms with Crippen LogP contribution in [0.1, 0.15) is 0 Å². The Morgan fingerprint density at radius 2 is 0.889 bits per heavy atom. The molecule has 194 valence electrons. The normalized spacial score (nSPS) is 14.0. The van der Waals surface area contributed by atoms with E-state index in [0.29, 0.717) is 0 Å². The topological polar surface area (TPSA) is 106 Å². The van der Waals surface area contributed by atoms with E-state index in [1.165, 1.54) is 72.8 Å². The molecule has 36 heavy (non-hydrogen) atoms. The predicted molar refractivity (Wildman–Crippen MR) is 124 cm³/mol. The number of alkyl halides is 6. The van der Waals surface area contributed by atoms with Crippen molar-refractivity contribution in [1.82, 2.24) is 2.94 Å². The van der Waals surface area contributed by atoms with E-state index in [2.05, 4.69) is 5.14 Å². The summed E-state index contributed by atoms with van der Waals surface area (Å²) in [6, 6.07) is 21.8. The second-order valence-electron chi connectivity index (χ2n) is 7.61. The van der Waals surface area contributed by atoms with Gasteiger partial charge in [0.2, 0.25) is 0 Å². The standard InChI is InChI=1S/3C6H5.C3H3F6N2O4S2.Sn/c3*1-2-4-6-5-3-1;4-1(5,2(6,7)16(10,12)13)3(8,9)17(11,14)15;/h3*1-5H;(H3-,10,11,12,13,14,15);/q;;;-1;+1. The first-order valence-corrected chi connectivity index (χ1v) is 18.6. The zero-order chi connectivity index (χ0) is 27.0. The summed E-state index contributed by atoms with van der Waals surface area (Å²) in [5, 5.41) is -9.16. The third kappa shape index (κ3) is 4.53. The van der Waals surface area contributed by atoms with E-state index in [-0.39, 0.29) is 10.7 Å². The molecular formula is C21H18F6N2O4S2Sn. The number of halogens is 6. The molecule has 15 heteroatoms. The molecule has 0 aliphatic rings. The van der Waals surface area contributed by atoms with Gasteiger partial charge in [-0.3, -0.25) is 0 Å². The quantitative estimate of drug-likeness (QED) is 0.270. The summed E-state index contributed by atoms with van der Waals surface area (Å²) in [5.41, 5.74) is 0. The van der Waals surface area contributed by atoms with Crippen LogP contribution in [0.3, 0.4) is 0 Å². The van der Waals surface area contributed by atoms with Gasteiger partial charge in [-0.15, -0.1) is 0 Å². The first-order valence-electron chi connectivity index (χ1n) is 9.88. The molecule has 0 atom stereocenters. The Balaban J connectivity index is 2.35. The monoisotopic (exact) mass is 660 g/mol. The summed E-state index contributed by atoms with van der Waals surface area (Å²) in [4.78, 5) is 0.